The Hall–Kier alpha value is -2.83. The van der Waals surface area contributed by atoms with Crippen molar-refractivity contribution in [3.8, 4) is 11.6 Å². The first-order valence-corrected chi connectivity index (χ1v) is 6.66. The van der Waals surface area contributed by atoms with E-state index >= 15 is 0 Å². The number of aromatic nitrogens is 2. The SMILES string of the molecule is CNC(=O)c1c(O)n(-c2c(C)cc(C)cc2C)c(=O)[nH]c1=O. The number of carbonyl (C=O) groups excluding carboxylic acids is 1. The van der Waals surface area contributed by atoms with E-state index in [2.05, 4.69) is 10.3 Å². The van der Waals surface area contributed by atoms with Crippen molar-refractivity contribution < 1.29 is 9.90 Å². The van der Waals surface area contributed by atoms with Gasteiger partial charge in [0.1, 0.15) is 0 Å². The van der Waals surface area contributed by atoms with E-state index in [-0.39, 0.29) is 0 Å². The second-order valence-electron chi connectivity index (χ2n) is 5.12. The van der Waals surface area contributed by atoms with Crippen molar-refractivity contribution in [2.24, 2.45) is 0 Å². The maximum absolute atomic E-state index is 12.1. The molecular weight excluding hydrogens is 286 g/mol. The summed E-state index contributed by atoms with van der Waals surface area (Å²) < 4.78 is 0.941. The van der Waals surface area contributed by atoms with E-state index < -0.39 is 28.6 Å². The van der Waals surface area contributed by atoms with Gasteiger partial charge < -0.3 is 10.4 Å². The molecule has 7 nitrogen and oxygen atoms in total. The Morgan fingerprint density at radius 1 is 1.18 bits per heavy atom. The van der Waals surface area contributed by atoms with E-state index in [1.807, 2.05) is 19.1 Å². The summed E-state index contributed by atoms with van der Waals surface area (Å²) in [6.07, 6.45) is 0. The standard InChI is InChI=1S/C15H17N3O4/c1-7-5-8(2)11(9(3)6-7)18-14(21)10(12(19)16-4)13(20)17-15(18)22/h5-6,21H,1-4H3,(H,16,19)(H,17,20,22). The molecule has 3 N–H and O–H groups in total. The minimum atomic E-state index is -0.930. The van der Waals surface area contributed by atoms with Gasteiger partial charge >= 0.3 is 5.69 Å². The Morgan fingerprint density at radius 2 is 1.73 bits per heavy atom. The number of benzene rings is 1. The third-order valence-electron chi connectivity index (χ3n) is 3.40. The molecule has 1 aromatic heterocycles. The average Bonchev–Trinajstić information content (AvgIpc) is 2.40. The molecule has 0 fully saturated rings. The van der Waals surface area contributed by atoms with Crippen molar-refractivity contribution in [3.05, 3.63) is 55.2 Å². The maximum atomic E-state index is 12.1. The number of aromatic amines is 1. The fourth-order valence-electron chi connectivity index (χ4n) is 2.59. The third kappa shape index (κ3) is 2.41. The Balaban J connectivity index is 2.92. The lowest BCUT2D eigenvalue weighted by Crippen LogP contribution is -2.36. The smallest absolute Gasteiger partial charge is 0.335 e. The number of aromatic hydroxyl groups is 1. The molecule has 0 saturated heterocycles. The van der Waals surface area contributed by atoms with Crippen LogP contribution < -0.4 is 16.6 Å². The molecule has 1 heterocycles. The summed E-state index contributed by atoms with van der Waals surface area (Å²) >= 11 is 0. The van der Waals surface area contributed by atoms with Gasteiger partial charge in [-0.2, -0.15) is 0 Å². The Morgan fingerprint density at radius 3 is 2.23 bits per heavy atom. The van der Waals surface area contributed by atoms with Crippen LogP contribution in [0.3, 0.4) is 0 Å². The summed E-state index contributed by atoms with van der Waals surface area (Å²) in [7, 11) is 1.33. The van der Waals surface area contributed by atoms with Crippen LogP contribution in [0, 0.1) is 20.8 Å². The fourth-order valence-corrected chi connectivity index (χ4v) is 2.59. The number of hydrogen-bond donors (Lipinski definition) is 3. The van der Waals surface area contributed by atoms with E-state index in [0.29, 0.717) is 5.69 Å². The topological polar surface area (TPSA) is 104 Å². The van der Waals surface area contributed by atoms with Crippen LogP contribution in [0.5, 0.6) is 5.88 Å². The van der Waals surface area contributed by atoms with Crippen molar-refractivity contribution in [1.29, 1.82) is 0 Å². The average molecular weight is 303 g/mol. The van der Waals surface area contributed by atoms with Crippen LogP contribution in [0.4, 0.5) is 0 Å². The maximum Gasteiger partial charge on any atom is 0.335 e. The quantitative estimate of drug-likeness (QED) is 0.752. The molecule has 0 spiro atoms. The van der Waals surface area contributed by atoms with Crippen LogP contribution in [-0.2, 0) is 0 Å². The summed E-state index contributed by atoms with van der Waals surface area (Å²) in [6, 6.07) is 3.69. The van der Waals surface area contributed by atoms with Crippen LogP contribution in [0.25, 0.3) is 5.69 Å². The van der Waals surface area contributed by atoms with Crippen LogP contribution in [0.2, 0.25) is 0 Å². The Labute approximate surface area is 126 Å². The molecule has 0 radical (unpaired) electrons. The number of H-pyrrole nitrogens is 1. The van der Waals surface area contributed by atoms with E-state index in [1.165, 1.54) is 7.05 Å². The highest BCUT2D eigenvalue weighted by atomic mass is 16.3. The molecule has 2 aromatic rings. The largest absolute Gasteiger partial charge is 0.493 e. The zero-order chi connectivity index (χ0) is 16.6. The number of nitrogens with one attached hydrogen (secondary N) is 2. The number of hydrogen-bond acceptors (Lipinski definition) is 4. The van der Waals surface area contributed by atoms with Gasteiger partial charge in [0.15, 0.2) is 5.56 Å². The highest BCUT2D eigenvalue weighted by Gasteiger charge is 2.22. The lowest BCUT2D eigenvalue weighted by molar-refractivity contribution is 0.0957. The van der Waals surface area contributed by atoms with Crippen molar-refractivity contribution in [3.63, 3.8) is 0 Å². The molecule has 7 heteroatoms. The minimum Gasteiger partial charge on any atom is -0.493 e. The summed E-state index contributed by atoms with van der Waals surface area (Å²) in [5.41, 5.74) is 0.693. The van der Waals surface area contributed by atoms with Gasteiger partial charge in [-0.15, -0.1) is 0 Å². The Bertz CT molecular complexity index is 854. The van der Waals surface area contributed by atoms with E-state index in [4.69, 9.17) is 0 Å². The molecule has 1 amide bonds. The van der Waals surface area contributed by atoms with Gasteiger partial charge in [0.05, 0.1) is 5.69 Å². The van der Waals surface area contributed by atoms with Crippen LogP contribution in [0.1, 0.15) is 27.0 Å². The minimum absolute atomic E-state index is 0.439. The van der Waals surface area contributed by atoms with Crippen LogP contribution in [-0.4, -0.2) is 27.6 Å². The lowest BCUT2D eigenvalue weighted by atomic mass is 10.0. The number of aryl methyl sites for hydroxylation is 3. The first-order chi connectivity index (χ1) is 10.3. The van der Waals surface area contributed by atoms with E-state index in [9.17, 15) is 19.5 Å². The third-order valence-corrected chi connectivity index (χ3v) is 3.40. The Kier molecular flexibility index (Phi) is 3.90. The molecule has 0 saturated carbocycles. The molecule has 0 aliphatic carbocycles. The summed E-state index contributed by atoms with van der Waals surface area (Å²) in [5, 5.41) is 12.6. The van der Waals surface area contributed by atoms with Gasteiger partial charge in [0.2, 0.25) is 5.88 Å². The fraction of sp³-hybridized carbons (Fsp3) is 0.267. The normalized spacial score (nSPS) is 10.5. The number of rotatable bonds is 2. The van der Waals surface area contributed by atoms with Crippen molar-refractivity contribution in [1.82, 2.24) is 14.9 Å². The van der Waals surface area contributed by atoms with Gasteiger partial charge in [-0.05, 0) is 31.9 Å². The number of amides is 1. The molecule has 0 aliphatic rings. The van der Waals surface area contributed by atoms with Gasteiger partial charge in [0, 0.05) is 7.05 Å². The van der Waals surface area contributed by atoms with Crippen molar-refractivity contribution in [2.45, 2.75) is 20.8 Å². The number of carbonyl (C=O) groups is 1. The molecule has 22 heavy (non-hydrogen) atoms. The molecule has 0 aliphatic heterocycles. The summed E-state index contributed by atoms with van der Waals surface area (Å²) in [5.74, 6) is -1.45. The van der Waals surface area contributed by atoms with Crippen LogP contribution >= 0.6 is 0 Å². The van der Waals surface area contributed by atoms with Crippen LogP contribution in [0.15, 0.2) is 21.7 Å². The highest BCUT2D eigenvalue weighted by Crippen LogP contribution is 2.24. The molecule has 0 bridgehead atoms. The van der Waals surface area contributed by atoms with Gasteiger partial charge in [0.25, 0.3) is 11.5 Å². The van der Waals surface area contributed by atoms with E-state index in [0.717, 1.165) is 21.3 Å². The molecule has 0 unspecified atom stereocenters. The first kappa shape index (κ1) is 15.6. The predicted octanol–water partition coefficient (Wildman–Crippen LogP) is 0.516. The molecule has 0 atom stereocenters. The zero-order valence-corrected chi connectivity index (χ0v) is 12.8. The van der Waals surface area contributed by atoms with Gasteiger partial charge in [-0.1, -0.05) is 17.7 Å². The second kappa shape index (κ2) is 5.51. The second-order valence-corrected chi connectivity index (χ2v) is 5.12. The monoisotopic (exact) mass is 303 g/mol. The molecular formula is C15H17N3O4. The predicted molar refractivity (Wildman–Crippen MR) is 81.9 cm³/mol. The summed E-state index contributed by atoms with van der Waals surface area (Å²) in [6.45, 7) is 5.48. The lowest BCUT2D eigenvalue weighted by Gasteiger charge is -2.16. The zero-order valence-electron chi connectivity index (χ0n) is 12.8. The van der Waals surface area contributed by atoms with Gasteiger partial charge in [-0.3, -0.25) is 14.6 Å². The van der Waals surface area contributed by atoms with Crippen molar-refractivity contribution >= 4 is 5.91 Å². The highest BCUT2D eigenvalue weighted by molar-refractivity contribution is 5.95. The van der Waals surface area contributed by atoms with E-state index in [1.54, 1.807) is 13.8 Å². The number of nitrogens with zero attached hydrogens (tertiary/aromatic N) is 1. The van der Waals surface area contributed by atoms with Crippen molar-refractivity contribution in [2.75, 3.05) is 7.05 Å². The van der Waals surface area contributed by atoms with Gasteiger partial charge in [-0.25, -0.2) is 9.36 Å². The molecule has 116 valence electrons. The molecule has 2 rings (SSSR count). The molecule has 1 aromatic carbocycles. The first-order valence-electron chi connectivity index (χ1n) is 6.66. The summed E-state index contributed by atoms with van der Waals surface area (Å²) in [4.78, 5) is 37.7.